The third kappa shape index (κ3) is 4.29. The van der Waals surface area contributed by atoms with Gasteiger partial charge in [0, 0.05) is 31.9 Å². The summed E-state index contributed by atoms with van der Waals surface area (Å²) < 4.78 is 39.0. The molecule has 2 heterocycles. The zero-order valence-electron chi connectivity index (χ0n) is 15.7. The number of amides is 2. The first-order chi connectivity index (χ1) is 13.8. The molecule has 1 aliphatic heterocycles. The summed E-state index contributed by atoms with van der Waals surface area (Å²) in [5, 5.41) is 3.60. The molecule has 29 heavy (non-hydrogen) atoms. The Bertz CT molecular complexity index is 1020. The quantitative estimate of drug-likeness (QED) is 0.636. The van der Waals surface area contributed by atoms with Crippen LogP contribution in [0.3, 0.4) is 0 Å². The van der Waals surface area contributed by atoms with E-state index < -0.39 is 11.7 Å². The second-order valence-electron chi connectivity index (χ2n) is 6.95. The van der Waals surface area contributed by atoms with Gasteiger partial charge in [0.15, 0.2) is 5.13 Å². The minimum Gasteiger partial charge on any atom is -0.345 e. The van der Waals surface area contributed by atoms with Crippen molar-refractivity contribution in [1.29, 1.82) is 0 Å². The number of aryl methyl sites for hydroxylation is 1. The summed E-state index contributed by atoms with van der Waals surface area (Å²) in [6.07, 6.45) is -4.39. The molecule has 1 fully saturated rings. The van der Waals surface area contributed by atoms with Gasteiger partial charge in [-0.2, -0.15) is 13.2 Å². The molecule has 2 aromatic carbocycles. The lowest BCUT2D eigenvalue weighted by atomic mass is 10.2. The Morgan fingerprint density at radius 1 is 1.07 bits per heavy atom. The Morgan fingerprint density at radius 3 is 2.41 bits per heavy atom. The van der Waals surface area contributed by atoms with E-state index in [0.29, 0.717) is 31.9 Å². The van der Waals surface area contributed by atoms with Crippen LogP contribution in [-0.4, -0.2) is 42.1 Å². The van der Waals surface area contributed by atoms with Gasteiger partial charge in [0.25, 0.3) is 0 Å². The number of alkyl halides is 3. The van der Waals surface area contributed by atoms with Gasteiger partial charge >= 0.3 is 12.2 Å². The normalized spacial score (nSPS) is 15.0. The number of carbonyl (C=O) groups excluding carboxylic acids is 1. The summed E-state index contributed by atoms with van der Waals surface area (Å²) in [4.78, 5) is 20.9. The number of urea groups is 1. The highest BCUT2D eigenvalue weighted by atomic mass is 32.1. The molecule has 1 aliphatic rings. The second kappa shape index (κ2) is 7.55. The number of carbonyl (C=O) groups is 1. The van der Waals surface area contributed by atoms with Gasteiger partial charge in [-0.1, -0.05) is 17.4 Å². The maximum absolute atomic E-state index is 12.6. The second-order valence-corrected chi connectivity index (χ2v) is 7.96. The van der Waals surface area contributed by atoms with Gasteiger partial charge in [-0.3, -0.25) is 0 Å². The number of fused-ring (bicyclic) bond motifs is 1. The van der Waals surface area contributed by atoms with E-state index in [4.69, 9.17) is 0 Å². The van der Waals surface area contributed by atoms with Crippen molar-refractivity contribution in [2.75, 3.05) is 36.4 Å². The molecule has 1 aromatic heterocycles. The molecule has 0 atom stereocenters. The smallest absolute Gasteiger partial charge is 0.345 e. The Hall–Kier alpha value is -2.81. The highest BCUT2D eigenvalue weighted by Crippen LogP contribution is 2.31. The van der Waals surface area contributed by atoms with Crippen LogP contribution in [0, 0.1) is 6.92 Å². The van der Waals surface area contributed by atoms with Gasteiger partial charge < -0.3 is 15.1 Å². The van der Waals surface area contributed by atoms with Gasteiger partial charge in [-0.05, 0) is 48.9 Å². The van der Waals surface area contributed by atoms with Gasteiger partial charge in [-0.25, -0.2) is 9.78 Å². The van der Waals surface area contributed by atoms with Crippen LogP contribution < -0.4 is 10.2 Å². The van der Waals surface area contributed by atoms with Crippen LogP contribution in [0.2, 0.25) is 0 Å². The van der Waals surface area contributed by atoms with Crippen LogP contribution in [0.1, 0.15) is 11.1 Å². The molecule has 0 radical (unpaired) electrons. The van der Waals surface area contributed by atoms with E-state index >= 15 is 0 Å². The molecule has 1 saturated heterocycles. The van der Waals surface area contributed by atoms with Crippen LogP contribution >= 0.6 is 11.3 Å². The molecule has 0 aliphatic carbocycles. The average Bonchev–Trinajstić information content (AvgIpc) is 3.11. The number of benzene rings is 2. The van der Waals surface area contributed by atoms with Crippen molar-refractivity contribution in [3.05, 3.63) is 53.6 Å². The maximum atomic E-state index is 12.6. The molecule has 0 bridgehead atoms. The molecule has 5 nitrogen and oxygen atoms in total. The summed E-state index contributed by atoms with van der Waals surface area (Å²) in [6, 6.07) is 10.3. The van der Waals surface area contributed by atoms with E-state index in [1.54, 1.807) is 16.2 Å². The van der Waals surface area contributed by atoms with Gasteiger partial charge in [0.2, 0.25) is 0 Å². The van der Waals surface area contributed by atoms with Gasteiger partial charge in [-0.15, -0.1) is 0 Å². The molecule has 2 amide bonds. The minimum absolute atomic E-state index is 0.315. The molecule has 1 N–H and O–H groups in total. The third-order valence-corrected chi connectivity index (χ3v) is 5.91. The summed E-state index contributed by atoms with van der Waals surface area (Å²) in [7, 11) is 0. The summed E-state index contributed by atoms with van der Waals surface area (Å²) in [6.45, 7) is 4.38. The first-order valence-corrected chi connectivity index (χ1v) is 9.96. The van der Waals surface area contributed by atoms with E-state index in [2.05, 4.69) is 21.3 Å². The predicted molar refractivity (Wildman–Crippen MR) is 109 cm³/mol. The number of halogens is 3. The fourth-order valence-corrected chi connectivity index (χ4v) is 4.32. The van der Waals surface area contributed by atoms with Crippen molar-refractivity contribution in [3.8, 4) is 0 Å². The number of hydrogen-bond acceptors (Lipinski definition) is 4. The number of piperazine rings is 1. The summed E-state index contributed by atoms with van der Waals surface area (Å²) in [5.41, 5.74) is 1.76. The fraction of sp³-hybridized carbons (Fsp3) is 0.300. The molecule has 0 saturated carbocycles. The highest BCUT2D eigenvalue weighted by molar-refractivity contribution is 7.22. The minimum atomic E-state index is -4.39. The molecule has 4 rings (SSSR count). The number of anilines is 2. The van der Waals surface area contributed by atoms with E-state index in [0.717, 1.165) is 27.5 Å². The fourth-order valence-electron chi connectivity index (χ4n) is 3.20. The molecule has 152 valence electrons. The topological polar surface area (TPSA) is 48.5 Å². The van der Waals surface area contributed by atoms with E-state index in [-0.39, 0.29) is 6.03 Å². The van der Waals surface area contributed by atoms with E-state index in [1.165, 1.54) is 17.7 Å². The number of hydrogen-bond donors (Lipinski definition) is 1. The number of nitrogens with one attached hydrogen (secondary N) is 1. The molecule has 0 unspecified atom stereocenters. The third-order valence-electron chi connectivity index (χ3n) is 4.83. The molecule has 9 heteroatoms. The van der Waals surface area contributed by atoms with Gasteiger partial charge in [0.1, 0.15) is 0 Å². The summed E-state index contributed by atoms with van der Waals surface area (Å²) in [5.74, 6) is 0. The lowest BCUT2D eigenvalue weighted by Gasteiger charge is -2.34. The van der Waals surface area contributed by atoms with Crippen LogP contribution in [0.4, 0.5) is 28.8 Å². The SMILES string of the molecule is Cc1ccc2nc(N3CCN(C(=O)Nc4ccc(C(F)(F)F)cc4)CC3)sc2c1. The van der Waals surface area contributed by atoms with Crippen molar-refractivity contribution in [3.63, 3.8) is 0 Å². The van der Waals surface area contributed by atoms with E-state index in [1.807, 2.05) is 19.1 Å². The number of nitrogens with zero attached hydrogens (tertiary/aromatic N) is 3. The average molecular weight is 420 g/mol. The standard InChI is InChI=1S/C20H19F3N4OS/c1-13-2-7-16-17(12-13)29-19(25-16)27-10-8-26(9-11-27)18(28)24-15-5-3-14(4-6-15)20(21,22)23/h2-7,12H,8-11H2,1H3,(H,24,28). The first kappa shape index (κ1) is 19.5. The van der Waals surface area contributed by atoms with Crippen molar-refractivity contribution in [2.24, 2.45) is 0 Å². The summed E-state index contributed by atoms with van der Waals surface area (Å²) >= 11 is 1.64. The zero-order chi connectivity index (χ0) is 20.6. The molecular weight excluding hydrogens is 401 g/mol. The van der Waals surface area contributed by atoms with Crippen LogP contribution in [0.15, 0.2) is 42.5 Å². The number of thiazole rings is 1. The monoisotopic (exact) mass is 420 g/mol. The molecule has 0 spiro atoms. The van der Waals surface area contributed by atoms with Crippen LogP contribution in [-0.2, 0) is 6.18 Å². The largest absolute Gasteiger partial charge is 0.416 e. The Morgan fingerprint density at radius 2 is 1.76 bits per heavy atom. The number of rotatable bonds is 2. The van der Waals surface area contributed by atoms with Crippen molar-refractivity contribution in [2.45, 2.75) is 13.1 Å². The van der Waals surface area contributed by atoms with Crippen molar-refractivity contribution in [1.82, 2.24) is 9.88 Å². The molecule has 3 aromatic rings. The van der Waals surface area contributed by atoms with Crippen molar-refractivity contribution < 1.29 is 18.0 Å². The van der Waals surface area contributed by atoms with Crippen LogP contribution in [0.25, 0.3) is 10.2 Å². The number of aromatic nitrogens is 1. The maximum Gasteiger partial charge on any atom is 0.416 e. The lowest BCUT2D eigenvalue weighted by Crippen LogP contribution is -2.50. The van der Waals surface area contributed by atoms with Crippen molar-refractivity contribution >= 4 is 38.4 Å². The zero-order valence-corrected chi connectivity index (χ0v) is 16.5. The van der Waals surface area contributed by atoms with Crippen LogP contribution in [0.5, 0.6) is 0 Å². The Balaban J connectivity index is 1.35. The first-order valence-electron chi connectivity index (χ1n) is 9.15. The highest BCUT2D eigenvalue weighted by Gasteiger charge is 2.30. The Kier molecular flexibility index (Phi) is 5.08. The Labute approximate surface area is 169 Å². The molecular formula is C20H19F3N4OS. The van der Waals surface area contributed by atoms with Gasteiger partial charge in [0.05, 0.1) is 15.8 Å². The van der Waals surface area contributed by atoms with E-state index in [9.17, 15) is 18.0 Å². The lowest BCUT2D eigenvalue weighted by molar-refractivity contribution is -0.137. The predicted octanol–water partition coefficient (Wildman–Crippen LogP) is 4.98.